The van der Waals surface area contributed by atoms with Crippen LogP contribution in [0.25, 0.3) is 0 Å². The highest BCUT2D eigenvalue weighted by atomic mass is 32.2. The molecule has 1 heterocycles. The number of hydrogen-bond donors (Lipinski definition) is 0. The zero-order valence-electron chi connectivity index (χ0n) is 11.2. The average molecular weight is 255 g/mol. The highest BCUT2D eigenvalue weighted by Gasteiger charge is 2.24. The van der Waals surface area contributed by atoms with Crippen LogP contribution in [-0.2, 0) is 4.79 Å². The number of hydrogen-bond acceptors (Lipinski definition) is 2. The van der Waals surface area contributed by atoms with Gasteiger partial charge in [-0.2, -0.15) is 0 Å². The maximum atomic E-state index is 11.9. The van der Waals surface area contributed by atoms with E-state index in [1.165, 1.54) is 32.1 Å². The minimum absolute atomic E-state index is 0.210. The second kappa shape index (κ2) is 8.62. The van der Waals surface area contributed by atoms with Crippen LogP contribution in [0.5, 0.6) is 0 Å². The van der Waals surface area contributed by atoms with Crippen LogP contribution in [0.1, 0.15) is 58.8 Å². The largest absolute Gasteiger partial charge is 0.327 e. The van der Waals surface area contributed by atoms with Gasteiger partial charge >= 0.3 is 0 Å². The van der Waals surface area contributed by atoms with Crippen LogP contribution in [-0.4, -0.2) is 22.7 Å². The minimum atomic E-state index is 0.210. The Morgan fingerprint density at radius 1 is 1.18 bits per heavy atom. The summed E-state index contributed by atoms with van der Waals surface area (Å²) in [7, 11) is 0. The first-order valence-electron chi connectivity index (χ1n) is 6.92. The fourth-order valence-electron chi connectivity index (χ4n) is 2.08. The number of amides is 1. The maximum absolute atomic E-state index is 11.9. The highest BCUT2D eigenvalue weighted by Crippen LogP contribution is 2.27. The summed E-state index contributed by atoms with van der Waals surface area (Å²) in [4.78, 5) is 13.9. The van der Waals surface area contributed by atoms with E-state index in [4.69, 9.17) is 0 Å². The first kappa shape index (κ1) is 14.6. The molecule has 1 aliphatic rings. The van der Waals surface area contributed by atoms with E-state index >= 15 is 0 Å². The van der Waals surface area contributed by atoms with Crippen LogP contribution in [0.3, 0.4) is 0 Å². The molecule has 0 spiro atoms. The van der Waals surface area contributed by atoms with Crippen LogP contribution in [0.2, 0.25) is 0 Å². The predicted molar refractivity (Wildman–Crippen MR) is 75.9 cm³/mol. The molecule has 0 aromatic carbocycles. The Hall–Kier alpha value is -0.440. The molecule has 1 amide bonds. The molecule has 0 aliphatic carbocycles. The number of carbonyl (C=O) groups excluding carboxylic acids is 1. The summed E-state index contributed by atoms with van der Waals surface area (Å²) in [6, 6.07) is 0. The van der Waals surface area contributed by atoms with Crippen molar-refractivity contribution in [1.82, 2.24) is 4.90 Å². The van der Waals surface area contributed by atoms with Crippen molar-refractivity contribution in [2.45, 2.75) is 64.2 Å². The number of carbonyl (C=O) groups is 1. The Kier molecular flexibility index (Phi) is 7.41. The number of rotatable bonds is 8. The molecule has 0 aromatic rings. The molecule has 0 N–H and O–H groups in total. The zero-order chi connectivity index (χ0) is 12.5. The molecule has 17 heavy (non-hydrogen) atoms. The van der Waals surface area contributed by atoms with Gasteiger partial charge < -0.3 is 4.90 Å². The third-order valence-corrected chi connectivity index (χ3v) is 4.23. The van der Waals surface area contributed by atoms with Crippen molar-refractivity contribution in [3.8, 4) is 0 Å². The SMILES string of the molecule is CCCCCC1SC=CC(=O)N1CCCCC. The van der Waals surface area contributed by atoms with Gasteiger partial charge in [-0.25, -0.2) is 0 Å². The van der Waals surface area contributed by atoms with Crippen LogP contribution in [0.4, 0.5) is 0 Å². The molecular weight excluding hydrogens is 230 g/mol. The number of thioether (sulfide) groups is 1. The van der Waals surface area contributed by atoms with Gasteiger partial charge in [-0.15, -0.1) is 11.8 Å². The summed E-state index contributed by atoms with van der Waals surface area (Å²) < 4.78 is 0. The minimum Gasteiger partial charge on any atom is -0.327 e. The van der Waals surface area contributed by atoms with Gasteiger partial charge in [-0.3, -0.25) is 4.79 Å². The van der Waals surface area contributed by atoms with E-state index in [9.17, 15) is 4.79 Å². The number of nitrogens with zero attached hydrogens (tertiary/aromatic N) is 1. The molecule has 98 valence electrons. The van der Waals surface area contributed by atoms with E-state index in [1.807, 2.05) is 17.2 Å². The van der Waals surface area contributed by atoms with Crippen molar-refractivity contribution in [2.75, 3.05) is 6.54 Å². The van der Waals surface area contributed by atoms with Gasteiger partial charge in [0.1, 0.15) is 0 Å². The lowest BCUT2D eigenvalue weighted by molar-refractivity contribution is -0.127. The Bertz CT molecular complexity index is 253. The highest BCUT2D eigenvalue weighted by molar-refractivity contribution is 8.02. The third-order valence-electron chi connectivity index (χ3n) is 3.13. The molecule has 3 heteroatoms. The van der Waals surface area contributed by atoms with Crippen LogP contribution in [0.15, 0.2) is 11.5 Å². The quantitative estimate of drug-likeness (QED) is 0.607. The van der Waals surface area contributed by atoms with Crippen molar-refractivity contribution in [3.05, 3.63) is 11.5 Å². The molecule has 0 aromatic heterocycles. The van der Waals surface area contributed by atoms with E-state index < -0.39 is 0 Å². The van der Waals surface area contributed by atoms with Crippen molar-refractivity contribution < 1.29 is 4.79 Å². The Labute approximate surface area is 110 Å². The van der Waals surface area contributed by atoms with Gasteiger partial charge in [-0.05, 0) is 18.2 Å². The monoisotopic (exact) mass is 255 g/mol. The number of unbranched alkanes of at least 4 members (excludes halogenated alkanes) is 4. The van der Waals surface area contributed by atoms with E-state index in [1.54, 1.807) is 6.08 Å². The Morgan fingerprint density at radius 3 is 2.59 bits per heavy atom. The molecule has 0 saturated carbocycles. The molecule has 1 atom stereocenters. The lowest BCUT2D eigenvalue weighted by atomic mass is 10.2. The van der Waals surface area contributed by atoms with Crippen LogP contribution in [0, 0.1) is 0 Å². The average Bonchev–Trinajstić information content (AvgIpc) is 2.33. The molecule has 1 unspecified atom stereocenters. The van der Waals surface area contributed by atoms with Gasteiger partial charge in [0.15, 0.2) is 0 Å². The van der Waals surface area contributed by atoms with E-state index in [0.717, 1.165) is 19.4 Å². The van der Waals surface area contributed by atoms with Crippen molar-refractivity contribution >= 4 is 17.7 Å². The second-order valence-corrected chi connectivity index (χ2v) is 5.72. The molecule has 0 saturated heterocycles. The lowest BCUT2D eigenvalue weighted by Gasteiger charge is -2.32. The van der Waals surface area contributed by atoms with Gasteiger partial charge in [0.2, 0.25) is 5.91 Å². The standard InChI is InChI=1S/C14H25NOS/c1-3-5-7-9-14-15(11-8-6-4-2)13(16)10-12-17-14/h10,12,14H,3-9,11H2,1-2H3. The summed E-state index contributed by atoms with van der Waals surface area (Å²) in [5.41, 5.74) is 0. The van der Waals surface area contributed by atoms with Crippen LogP contribution < -0.4 is 0 Å². The molecule has 0 bridgehead atoms. The topological polar surface area (TPSA) is 20.3 Å². The van der Waals surface area contributed by atoms with Gasteiger partial charge in [0.25, 0.3) is 0 Å². The predicted octanol–water partition coefficient (Wildman–Crippen LogP) is 4.17. The smallest absolute Gasteiger partial charge is 0.247 e. The summed E-state index contributed by atoms with van der Waals surface area (Å²) in [6.07, 6.45) is 10.2. The first-order valence-corrected chi connectivity index (χ1v) is 7.86. The van der Waals surface area contributed by atoms with Crippen molar-refractivity contribution in [2.24, 2.45) is 0 Å². The summed E-state index contributed by atoms with van der Waals surface area (Å²) >= 11 is 1.81. The summed E-state index contributed by atoms with van der Waals surface area (Å²) in [5.74, 6) is 0.210. The first-order chi connectivity index (χ1) is 8.29. The molecule has 0 fully saturated rings. The molecular formula is C14H25NOS. The molecule has 1 rings (SSSR count). The Morgan fingerprint density at radius 2 is 1.88 bits per heavy atom. The van der Waals surface area contributed by atoms with Gasteiger partial charge in [0.05, 0.1) is 5.37 Å². The normalized spacial score (nSPS) is 20.0. The van der Waals surface area contributed by atoms with E-state index in [2.05, 4.69) is 18.7 Å². The second-order valence-electron chi connectivity index (χ2n) is 4.63. The summed E-state index contributed by atoms with van der Waals surface area (Å²) in [5, 5.41) is 2.35. The zero-order valence-corrected chi connectivity index (χ0v) is 12.0. The fraction of sp³-hybridized carbons (Fsp3) is 0.786. The fourth-order valence-corrected chi connectivity index (χ4v) is 3.11. The van der Waals surface area contributed by atoms with E-state index in [-0.39, 0.29) is 5.91 Å². The summed E-state index contributed by atoms with van der Waals surface area (Å²) in [6.45, 7) is 5.35. The van der Waals surface area contributed by atoms with E-state index in [0.29, 0.717) is 5.37 Å². The molecule has 1 aliphatic heterocycles. The maximum Gasteiger partial charge on any atom is 0.247 e. The van der Waals surface area contributed by atoms with Gasteiger partial charge in [0, 0.05) is 12.6 Å². The van der Waals surface area contributed by atoms with Crippen molar-refractivity contribution in [1.29, 1.82) is 0 Å². The molecule has 2 nitrogen and oxygen atoms in total. The third kappa shape index (κ3) is 5.15. The van der Waals surface area contributed by atoms with Gasteiger partial charge in [-0.1, -0.05) is 46.0 Å². The Balaban J connectivity index is 2.41. The lowest BCUT2D eigenvalue weighted by Crippen LogP contribution is -2.39. The molecule has 0 radical (unpaired) electrons. The van der Waals surface area contributed by atoms with Crippen molar-refractivity contribution in [3.63, 3.8) is 0 Å². The van der Waals surface area contributed by atoms with Crippen LogP contribution >= 0.6 is 11.8 Å².